The Morgan fingerprint density at radius 2 is 1.82 bits per heavy atom. The monoisotopic (exact) mass is 509 g/mol. The molecule has 2 aromatic carbocycles. The summed E-state index contributed by atoms with van der Waals surface area (Å²) in [5, 5.41) is 10.7. The third-order valence-electron chi connectivity index (χ3n) is 5.83. The van der Waals surface area contributed by atoms with Crippen LogP contribution in [0.3, 0.4) is 0 Å². The zero-order chi connectivity index (χ0) is 25.0. The molecule has 1 N–H and O–H groups in total. The highest BCUT2D eigenvalue weighted by Gasteiger charge is 2.40. The van der Waals surface area contributed by atoms with Gasteiger partial charge in [-0.15, -0.1) is 0 Å². The van der Waals surface area contributed by atoms with E-state index < -0.39 is 24.1 Å². The summed E-state index contributed by atoms with van der Waals surface area (Å²) in [5.41, 5.74) is 0.731. The first-order valence-corrected chi connectivity index (χ1v) is 11.6. The lowest BCUT2D eigenvalue weighted by atomic mass is 9.88. The predicted octanol–water partition coefficient (Wildman–Crippen LogP) is 5.94. The third kappa shape index (κ3) is 6.14. The number of carbonyl (C=O) groups excluding carboxylic acids is 1. The average Bonchev–Trinajstić information content (AvgIpc) is 2.99. The van der Waals surface area contributed by atoms with Gasteiger partial charge in [0.05, 0.1) is 42.5 Å². The summed E-state index contributed by atoms with van der Waals surface area (Å²) in [5.74, 6) is -0.569. The molecular weight excluding hydrogens is 481 g/mol. The van der Waals surface area contributed by atoms with Gasteiger partial charge in [0.25, 0.3) is 0 Å². The first-order valence-electron chi connectivity index (χ1n) is 10.9. The van der Waals surface area contributed by atoms with Crippen LogP contribution in [0.2, 0.25) is 10.0 Å². The van der Waals surface area contributed by atoms with E-state index >= 15 is 0 Å². The van der Waals surface area contributed by atoms with E-state index in [-0.39, 0.29) is 36.8 Å². The average molecular weight is 510 g/mol. The quantitative estimate of drug-likeness (QED) is 0.501. The van der Waals surface area contributed by atoms with Gasteiger partial charge < -0.3 is 24.2 Å². The fraction of sp³-hybridized carbons (Fsp3) is 0.440. The summed E-state index contributed by atoms with van der Waals surface area (Å²) in [6, 6.07) is 12.0. The van der Waals surface area contributed by atoms with Gasteiger partial charge >= 0.3 is 12.1 Å². The molecule has 1 aliphatic rings. The van der Waals surface area contributed by atoms with E-state index in [1.165, 1.54) is 12.0 Å². The standard InChI is InChI=1S/C25H29Cl2NO6/c1-25(2,3)21-13-28(24(30)31)12-16(22(34-21)15-9-10-18(26)19(27)11-15)14-33-20-8-6-5-7-17(20)23(29)32-4/h5-11,16,21-22H,12-14H2,1-4H3,(H,30,31)/t16-,21?,22-/m0/s1. The number of rotatable bonds is 5. The Hall–Kier alpha value is -2.48. The molecule has 34 heavy (non-hydrogen) atoms. The van der Waals surface area contributed by atoms with Crippen LogP contribution in [-0.4, -0.2) is 55.0 Å². The summed E-state index contributed by atoms with van der Waals surface area (Å²) < 4.78 is 17.5. The number of amides is 1. The number of nitrogens with zero attached hydrogens (tertiary/aromatic N) is 1. The number of carboxylic acid groups (broad SMARTS) is 1. The van der Waals surface area contributed by atoms with Gasteiger partial charge in [-0.05, 0) is 35.2 Å². The maximum Gasteiger partial charge on any atom is 0.407 e. The number of halogens is 2. The van der Waals surface area contributed by atoms with E-state index in [1.54, 1.807) is 36.4 Å². The summed E-state index contributed by atoms with van der Waals surface area (Å²) in [4.78, 5) is 25.6. The van der Waals surface area contributed by atoms with Crippen molar-refractivity contribution in [2.45, 2.75) is 33.0 Å². The van der Waals surface area contributed by atoms with E-state index in [4.69, 9.17) is 37.4 Å². The molecule has 7 nitrogen and oxygen atoms in total. The van der Waals surface area contributed by atoms with Crippen LogP contribution in [0.5, 0.6) is 5.75 Å². The predicted molar refractivity (Wildman–Crippen MR) is 130 cm³/mol. The maximum absolute atomic E-state index is 12.2. The Balaban J connectivity index is 1.98. The Morgan fingerprint density at radius 1 is 1.12 bits per heavy atom. The Kier molecular flexibility index (Phi) is 8.34. The summed E-state index contributed by atoms with van der Waals surface area (Å²) in [7, 11) is 1.30. The zero-order valence-electron chi connectivity index (χ0n) is 19.6. The van der Waals surface area contributed by atoms with Gasteiger partial charge in [0.15, 0.2) is 0 Å². The van der Waals surface area contributed by atoms with E-state index in [0.717, 1.165) is 5.56 Å². The molecule has 1 fully saturated rings. The van der Waals surface area contributed by atoms with Crippen molar-refractivity contribution in [3.8, 4) is 5.75 Å². The highest BCUT2D eigenvalue weighted by Crippen LogP contribution is 2.39. The second kappa shape index (κ2) is 10.8. The molecule has 3 atom stereocenters. The molecule has 0 radical (unpaired) electrons. The van der Waals surface area contributed by atoms with Gasteiger partial charge in [-0.1, -0.05) is 62.2 Å². The SMILES string of the molecule is COC(=O)c1ccccc1OC[C@@H]1CN(C(=O)O)CC(C(C)(C)C)O[C@H]1c1ccc(Cl)c(Cl)c1. The number of carbonyl (C=O) groups is 2. The number of methoxy groups -OCH3 is 1. The first kappa shape index (κ1) is 26.1. The van der Waals surface area contributed by atoms with Crippen LogP contribution in [0.4, 0.5) is 4.79 Å². The van der Waals surface area contributed by atoms with Gasteiger partial charge in [0, 0.05) is 12.5 Å². The van der Waals surface area contributed by atoms with Crippen molar-refractivity contribution >= 4 is 35.3 Å². The minimum Gasteiger partial charge on any atom is -0.492 e. The molecule has 0 aromatic heterocycles. The van der Waals surface area contributed by atoms with Crippen LogP contribution >= 0.6 is 23.2 Å². The fourth-order valence-electron chi connectivity index (χ4n) is 3.87. The second-order valence-electron chi connectivity index (χ2n) is 9.33. The molecule has 1 saturated heterocycles. The van der Waals surface area contributed by atoms with Gasteiger partial charge in [0.1, 0.15) is 11.3 Å². The first-order chi connectivity index (χ1) is 16.0. The Bertz CT molecular complexity index is 1040. The lowest BCUT2D eigenvalue weighted by molar-refractivity contribution is -0.0815. The molecule has 2 aromatic rings. The number of para-hydroxylation sites is 1. The topological polar surface area (TPSA) is 85.3 Å². The molecule has 0 spiro atoms. The summed E-state index contributed by atoms with van der Waals surface area (Å²) in [6.07, 6.45) is -1.93. The van der Waals surface area contributed by atoms with Gasteiger partial charge in [0.2, 0.25) is 0 Å². The molecule has 1 aliphatic heterocycles. The molecule has 1 amide bonds. The normalized spacial score (nSPS) is 21.0. The van der Waals surface area contributed by atoms with Gasteiger partial charge in [-0.3, -0.25) is 0 Å². The van der Waals surface area contributed by atoms with Crippen molar-refractivity contribution in [1.82, 2.24) is 4.90 Å². The maximum atomic E-state index is 12.2. The molecule has 0 aliphatic carbocycles. The smallest absolute Gasteiger partial charge is 0.407 e. The number of esters is 1. The van der Waals surface area contributed by atoms with Crippen molar-refractivity contribution in [3.63, 3.8) is 0 Å². The van der Waals surface area contributed by atoms with Crippen LogP contribution in [0.25, 0.3) is 0 Å². The fourth-order valence-corrected chi connectivity index (χ4v) is 4.17. The summed E-state index contributed by atoms with van der Waals surface area (Å²) in [6.45, 7) is 6.51. The molecule has 184 valence electrons. The van der Waals surface area contributed by atoms with E-state index in [2.05, 4.69) is 0 Å². The van der Waals surface area contributed by atoms with Crippen molar-refractivity contribution < 1.29 is 28.9 Å². The van der Waals surface area contributed by atoms with E-state index in [0.29, 0.717) is 15.8 Å². The number of ether oxygens (including phenoxy) is 3. The van der Waals surface area contributed by atoms with Crippen LogP contribution < -0.4 is 4.74 Å². The molecule has 1 heterocycles. The van der Waals surface area contributed by atoms with Gasteiger partial charge in [-0.25, -0.2) is 9.59 Å². The van der Waals surface area contributed by atoms with Crippen LogP contribution in [0, 0.1) is 11.3 Å². The lowest BCUT2D eigenvalue weighted by Gasteiger charge is -2.34. The zero-order valence-corrected chi connectivity index (χ0v) is 21.1. The Morgan fingerprint density at radius 3 is 2.44 bits per heavy atom. The van der Waals surface area contributed by atoms with Crippen LogP contribution in [0.15, 0.2) is 42.5 Å². The van der Waals surface area contributed by atoms with Crippen molar-refractivity contribution in [2.24, 2.45) is 11.3 Å². The minimum atomic E-state index is -1.03. The molecule has 0 bridgehead atoms. The third-order valence-corrected chi connectivity index (χ3v) is 6.57. The number of hydrogen-bond acceptors (Lipinski definition) is 5. The lowest BCUT2D eigenvalue weighted by Crippen LogP contribution is -2.42. The number of benzene rings is 2. The highest BCUT2D eigenvalue weighted by atomic mass is 35.5. The summed E-state index contributed by atoms with van der Waals surface area (Å²) >= 11 is 12.4. The van der Waals surface area contributed by atoms with E-state index in [1.807, 2.05) is 26.8 Å². The molecule has 9 heteroatoms. The molecule has 0 saturated carbocycles. The van der Waals surface area contributed by atoms with Crippen LogP contribution in [-0.2, 0) is 9.47 Å². The Labute approximate surface area is 209 Å². The van der Waals surface area contributed by atoms with Crippen LogP contribution in [0.1, 0.15) is 42.8 Å². The number of hydrogen-bond donors (Lipinski definition) is 1. The molecular formula is C25H29Cl2NO6. The van der Waals surface area contributed by atoms with Crippen molar-refractivity contribution in [2.75, 3.05) is 26.8 Å². The molecule has 1 unspecified atom stereocenters. The van der Waals surface area contributed by atoms with E-state index in [9.17, 15) is 14.7 Å². The largest absolute Gasteiger partial charge is 0.492 e. The molecule has 3 rings (SSSR count). The van der Waals surface area contributed by atoms with Gasteiger partial charge in [-0.2, -0.15) is 0 Å². The second-order valence-corrected chi connectivity index (χ2v) is 10.1. The highest BCUT2D eigenvalue weighted by molar-refractivity contribution is 6.42. The van der Waals surface area contributed by atoms with Crippen molar-refractivity contribution in [3.05, 3.63) is 63.6 Å². The minimum absolute atomic E-state index is 0.0968. The van der Waals surface area contributed by atoms with Crippen molar-refractivity contribution in [1.29, 1.82) is 0 Å².